The molecule has 2 heterocycles. The molecular weight excluding hydrogens is 278 g/mol. The lowest BCUT2D eigenvalue weighted by Gasteiger charge is -2.19. The van der Waals surface area contributed by atoms with Crippen LogP contribution in [0.15, 0.2) is 17.3 Å². The molecule has 1 aliphatic rings. The zero-order valence-electron chi connectivity index (χ0n) is 13.2. The summed E-state index contributed by atoms with van der Waals surface area (Å²) >= 11 is 0. The van der Waals surface area contributed by atoms with Crippen LogP contribution in [0.1, 0.15) is 56.3 Å². The Bertz CT molecular complexity index is 469. The fourth-order valence-electron chi connectivity index (χ4n) is 2.98. The van der Waals surface area contributed by atoms with Crippen LogP contribution in [0.5, 0.6) is 5.75 Å². The van der Waals surface area contributed by atoms with E-state index in [2.05, 4.69) is 15.0 Å². The summed E-state index contributed by atoms with van der Waals surface area (Å²) in [6.07, 6.45) is 11.1. The minimum Gasteiger partial charge on any atom is -0.506 e. The van der Waals surface area contributed by atoms with Gasteiger partial charge in [0.15, 0.2) is 0 Å². The zero-order chi connectivity index (χ0) is 15.6. The van der Waals surface area contributed by atoms with Gasteiger partial charge in [0.25, 0.3) is 0 Å². The van der Waals surface area contributed by atoms with E-state index in [1.54, 1.807) is 6.07 Å². The van der Waals surface area contributed by atoms with Gasteiger partial charge in [0.2, 0.25) is 0 Å². The number of aryl methyl sites for hydroxylation is 1. The summed E-state index contributed by atoms with van der Waals surface area (Å²) < 4.78 is 0. The van der Waals surface area contributed by atoms with Crippen LogP contribution in [0.3, 0.4) is 0 Å². The van der Waals surface area contributed by atoms with Crippen LogP contribution >= 0.6 is 0 Å². The van der Waals surface area contributed by atoms with E-state index in [1.165, 1.54) is 58.2 Å². The monoisotopic (exact) mass is 305 g/mol. The molecule has 0 atom stereocenters. The number of pyridine rings is 1. The number of hydrogen-bond donors (Lipinski definition) is 2. The van der Waals surface area contributed by atoms with E-state index in [9.17, 15) is 5.11 Å². The number of hydrogen-bond acceptors (Lipinski definition) is 5. The van der Waals surface area contributed by atoms with Crippen LogP contribution in [-0.2, 0) is 6.42 Å². The van der Waals surface area contributed by atoms with Crippen LogP contribution in [0.2, 0.25) is 0 Å². The average molecular weight is 305 g/mol. The van der Waals surface area contributed by atoms with Crippen molar-refractivity contribution in [1.29, 1.82) is 0 Å². The van der Waals surface area contributed by atoms with Gasteiger partial charge in [-0.05, 0) is 63.9 Å². The zero-order valence-corrected chi connectivity index (χ0v) is 13.2. The summed E-state index contributed by atoms with van der Waals surface area (Å²) in [5, 5.41) is 21.0. The van der Waals surface area contributed by atoms with E-state index in [0.29, 0.717) is 5.69 Å². The van der Waals surface area contributed by atoms with Crippen molar-refractivity contribution in [2.75, 3.05) is 19.6 Å². The highest BCUT2D eigenvalue weighted by molar-refractivity contribution is 5.80. The molecule has 0 unspecified atom stereocenters. The second-order valence-corrected chi connectivity index (χ2v) is 6.02. The minimum atomic E-state index is 0.0442. The number of unbranched alkanes of at least 4 members (excludes halogenated alkanes) is 2. The van der Waals surface area contributed by atoms with Gasteiger partial charge in [-0.25, -0.2) is 4.98 Å². The lowest BCUT2D eigenvalue weighted by Crippen LogP contribution is -2.25. The summed E-state index contributed by atoms with van der Waals surface area (Å²) in [5.74, 6) is 0.0442. The number of aromatic hydroxyl groups is 1. The standard InChI is InChI=1S/C17H27N3O2/c21-17-10-9-15(19-16(17)14-18-22)8-4-3-7-13-20-11-5-1-2-6-12-20/h9-10,14,21-22H,1-8,11-13H2. The van der Waals surface area contributed by atoms with Crippen LogP contribution < -0.4 is 0 Å². The molecule has 0 bridgehead atoms. The molecule has 0 aromatic carbocycles. The van der Waals surface area contributed by atoms with Crippen molar-refractivity contribution in [3.63, 3.8) is 0 Å². The van der Waals surface area contributed by atoms with E-state index in [1.807, 2.05) is 6.07 Å². The number of nitrogens with zero attached hydrogens (tertiary/aromatic N) is 3. The highest BCUT2D eigenvalue weighted by Gasteiger charge is 2.08. The minimum absolute atomic E-state index is 0.0442. The fraction of sp³-hybridized carbons (Fsp3) is 0.647. The van der Waals surface area contributed by atoms with Crippen molar-refractivity contribution in [3.8, 4) is 5.75 Å². The topological polar surface area (TPSA) is 69.0 Å². The normalized spacial score (nSPS) is 16.9. The third-order valence-electron chi connectivity index (χ3n) is 4.25. The molecule has 0 saturated carbocycles. The molecule has 0 radical (unpaired) electrons. The van der Waals surface area contributed by atoms with Gasteiger partial charge in [0.1, 0.15) is 11.4 Å². The Labute approximate surface area is 132 Å². The number of oxime groups is 1. The second-order valence-electron chi connectivity index (χ2n) is 6.02. The largest absolute Gasteiger partial charge is 0.506 e. The number of rotatable bonds is 7. The first kappa shape index (κ1) is 16.7. The van der Waals surface area contributed by atoms with Gasteiger partial charge < -0.3 is 15.2 Å². The third-order valence-corrected chi connectivity index (χ3v) is 4.25. The summed E-state index contributed by atoms with van der Waals surface area (Å²) in [5.41, 5.74) is 1.26. The van der Waals surface area contributed by atoms with E-state index in [0.717, 1.165) is 24.8 Å². The Balaban J connectivity index is 1.67. The van der Waals surface area contributed by atoms with E-state index in [4.69, 9.17) is 5.21 Å². The van der Waals surface area contributed by atoms with E-state index < -0.39 is 0 Å². The number of likely N-dealkylation sites (tertiary alicyclic amines) is 1. The quantitative estimate of drug-likeness (QED) is 0.351. The van der Waals surface area contributed by atoms with Gasteiger partial charge in [-0.3, -0.25) is 0 Å². The second kappa shape index (κ2) is 9.41. The molecule has 0 spiro atoms. The Kier molecular flexibility index (Phi) is 7.16. The smallest absolute Gasteiger partial charge is 0.142 e. The molecule has 122 valence electrons. The fourth-order valence-corrected chi connectivity index (χ4v) is 2.98. The van der Waals surface area contributed by atoms with Gasteiger partial charge in [-0.1, -0.05) is 24.4 Å². The molecule has 2 N–H and O–H groups in total. The molecule has 1 aromatic heterocycles. The predicted octanol–water partition coefficient (Wildman–Crippen LogP) is 3.18. The highest BCUT2D eigenvalue weighted by Crippen LogP contribution is 2.15. The molecule has 0 aliphatic carbocycles. The summed E-state index contributed by atoms with van der Waals surface area (Å²) in [7, 11) is 0. The highest BCUT2D eigenvalue weighted by atomic mass is 16.4. The number of aromatic nitrogens is 1. The SMILES string of the molecule is ON=Cc1nc(CCCCCN2CCCCCC2)ccc1O. The lowest BCUT2D eigenvalue weighted by atomic mass is 10.1. The van der Waals surface area contributed by atoms with Crippen LogP contribution in [0.25, 0.3) is 0 Å². The first-order valence-corrected chi connectivity index (χ1v) is 8.38. The van der Waals surface area contributed by atoms with Gasteiger partial charge in [-0.2, -0.15) is 0 Å². The van der Waals surface area contributed by atoms with Gasteiger partial charge >= 0.3 is 0 Å². The molecule has 22 heavy (non-hydrogen) atoms. The van der Waals surface area contributed by atoms with Gasteiger partial charge in [-0.15, -0.1) is 0 Å². The maximum Gasteiger partial charge on any atom is 0.142 e. The summed E-state index contributed by atoms with van der Waals surface area (Å²) in [4.78, 5) is 6.89. The predicted molar refractivity (Wildman–Crippen MR) is 87.7 cm³/mol. The first-order valence-electron chi connectivity index (χ1n) is 8.38. The van der Waals surface area contributed by atoms with E-state index >= 15 is 0 Å². The summed E-state index contributed by atoms with van der Waals surface area (Å²) in [6.45, 7) is 3.75. The van der Waals surface area contributed by atoms with E-state index in [-0.39, 0.29) is 5.75 Å². The molecule has 0 amide bonds. The third kappa shape index (κ3) is 5.64. The molecule has 1 aromatic rings. The van der Waals surface area contributed by atoms with Crippen LogP contribution in [0, 0.1) is 0 Å². The van der Waals surface area contributed by atoms with Crippen molar-refractivity contribution >= 4 is 6.21 Å². The first-order chi connectivity index (χ1) is 10.8. The van der Waals surface area contributed by atoms with Crippen molar-refractivity contribution in [3.05, 3.63) is 23.5 Å². The Morgan fingerprint density at radius 3 is 2.59 bits per heavy atom. The maximum absolute atomic E-state index is 9.57. The molecule has 1 saturated heterocycles. The van der Waals surface area contributed by atoms with Crippen LogP contribution in [0.4, 0.5) is 0 Å². The van der Waals surface area contributed by atoms with Crippen molar-refractivity contribution in [2.45, 2.75) is 51.4 Å². The Hall–Kier alpha value is -1.62. The van der Waals surface area contributed by atoms with Gasteiger partial charge in [0, 0.05) is 5.69 Å². The lowest BCUT2D eigenvalue weighted by molar-refractivity contribution is 0.278. The Morgan fingerprint density at radius 2 is 1.86 bits per heavy atom. The van der Waals surface area contributed by atoms with Crippen LogP contribution in [-0.4, -0.2) is 46.0 Å². The molecule has 5 nitrogen and oxygen atoms in total. The van der Waals surface area contributed by atoms with Crippen molar-refractivity contribution in [2.24, 2.45) is 5.16 Å². The molecule has 2 rings (SSSR count). The van der Waals surface area contributed by atoms with Crippen molar-refractivity contribution in [1.82, 2.24) is 9.88 Å². The molecule has 1 aliphatic heterocycles. The molecule has 5 heteroatoms. The van der Waals surface area contributed by atoms with Gasteiger partial charge in [0.05, 0.1) is 6.21 Å². The maximum atomic E-state index is 9.57. The average Bonchev–Trinajstić information content (AvgIpc) is 2.79. The summed E-state index contributed by atoms with van der Waals surface area (Å²) in [6, 6.07) is 3.44. The van der Waals surface area contributed by atoms with Crippen molar-refractivity contribution < 1.29 is 10.3 Å². The molecular formula is C17H27N3O2. The Morgan fingerprint density at radius 1 is 1.09 bits per heavy atom. The molecule has 1 fully saturated rings.